The van der Waals surface area contributed by atoms with Crippen LogP contribution in [0.5, 0.6) is 0 Å². The molecule has 2 unspecified atom stereocenters. The van der Waals surface area contributed by atoms with Gasteiger partial charge in [0, 0.05) is 31.4 Å². The van der Waals surface area contributed by atoms with Crippen LogP contribution in [0.3, 0.4) is 0 Å². The Hall–Kier alpha value is -2.69. The van der Waals surface area contributed by atoms with Gasteiger partial charge in [-0.25, -0.2) is 4.79 Å². The van der Waals surface area contributed by atoms with E-state index in [0.717, 1.165) is 4.90 Å². The van der Waals surface area contributed by atoms with Crippen molar-refractivity contribution in [2.24, 2.45) is 5.16 Å². The molecule has 3 rings (SSSR count). The molecule has 3 amide bonds. The second kappa shape index (κ2) is 8.33. The molecule has 3 heterocycles. The van der Waals surface area contributed by atoms with Gasteiger partial charge in [0.15, 0.2) is 6.10 Å². The average Bonchev–Trinajstić information content (AvgIpc) is 3.27. The van der Waals surface area contributed by atoms with Crippen molar-refractivity contribution in [3.63, 3.8) is 0 Å². The van der Waals surface area contributed by atoms with E-state index in [1.807, 2.05) is 0 Å². The van der Waals surface area contributed by atoms with Crippen LogP contribution in [-0.4, -0.2) is 68.8 Å². The van der Waals surface area contributed by atoms with Crippen LogP contribution >= 0.6 is 15.9 Å². The van der Waals surface area contributed by atoms with E-state index in [1.54, 1.807) is 18.3 Å². The fraction of sp³-hybridized carbons (Fsp3) is 0.438. The smallest absolute Gasteiger partial charge is 0.408 e. The molecule has 3 N–H and O–H groups in total. The SMILES string of the molecule is O=C(NC1CC(C(=O)NC[C@@H]2CC(Br)=NO2)N(C(=O)O)C1)c1cccnc1. The maximum atomic E-state index is 12.5. The lowest BCUT2D eigenvalue weighted by molar-refractivity contribution is -0.125. The van der Waals surface area contributed by atoms with Crippen LogP contribution in [-0.2, 0) is 9.63 Å². The fourth-order valence-corrected chi connectivity index (χ4v) is 3.45. The molecule has 3 atom stereocenters. The number of carbonyl (C=O) groups excluding carboxylic acids is 2. The minimum absolute atomic E-state index is 0.0357. The number of aromatic nitrogens is 1. The van der Waals surface area contributed by atoms with Crippen LogP contribution in [0.15, 0.2) is 29.7 Å². The highest BCUT2D eigenvalue weighted by atomic mass is 79.9. The predicted octanol–water partition coefficient (Wildman–Crippen LogP) is 0.546. The summed E-state index contributed by atoms with van der Waals surface area (Å²) in [4.78, 5) is 46.2. The average molecular weight is 440 g/mol. The van der Waals surface area contributed by atoms with E-state index in [-0.39, 0.29) is 31.5 Å². The van der Waals surface area contributed by atoms with Crippen molar-refractivity contribution in [2.45, 2.75) is 31.0 Å². The van der Waals surface area contributed by atoms with Crippen molar-refractivity contribution in [3.8, 4) is 0 Å². The molecule has 0 aliphatic carbocycles. The third-order valence-corrected chi connectivity index (χ3v) is 4.78. The number of carbonyl (C=O) groups is 3. The summed E-state index contributed by atoms with van der Waals surface area (Å²) in [5.74, 6) is -0.789. The molecule has 0 spiro atoms. The summed E-state index contributed by atoms with van der Waals surface area (Å²) in [7, 11) is 0. The summed E-state index contributed by atoms with van der Waals surface area (Å²) < 4.78 is 0.660. The zero-order chi connectivity index (χ0) is 19.4. The van der Waals surface area contributed by atoms with E-state index in [9.17, 15) is 19.5 Å². The second-order valence-electron chi connectivity index (χ2n) is 6.24. The molecule has 0 aromatic carbocycles. The summed E-state index contributed by atoms with van der Waals surface area (Å²) >= 11 is 3.21. The zero-order valence-electron chi connectivity index (χ0n) is 14.2. The highest BCUT2D eigenvalue weighted by Crippen LogP contribution is 2.19. The Morgan fingerprint density at radius 1 is 1.41 bits per heavy atom. The van der Waals surface area contributed by atoms with Gasteiger partial charge in [-0.05, 0) is 34.5 Å². The number of nitrogens with zero attached hydrogens (tertiary/aromatic N) is 3. The van der Waals surface area contributed by atoms with Crippen LogP contribution < -0.4 is 10.6 Å². The van der Waals surface area contributed by atoms with Gasteiger partial charge in [-0.2, -0.15) is 0 Å². The molecule has 27 heavy (non-hydrogen) atoms. The van der Waals surface area contributed by atoms with Crippen molar-refractivity contribution in [2.75, 3.05) is 13.1 Å². The Bertz CT molecular complexity index is 759. The number of carboxylic acid groups (broad SMARTS) is 1. The number of rotatable bonds is 5. The number of nitrogens with one attached hydrogen (secondary N) is 2. The molecule has 1 fully saturated rings. The van der Waals surface area contributed by atoms with Crippen molar-refractivity contribution in [1.82, 2.24) is 20.5 Å². The molecule has 0 radical (unpaired) electrons. The Morgan fingerprint density at radius 2 is 2.22 bits per heavy atom. The Morgan fingerprint density at radius 3 is 2.85 bits per heavy atom. The van der Waals surface area contributed by atoms with Crippen LogP contribution in [0, 0.1) is 0 Å². The molecule has 1 saturated heterocycles. The van der Waals surface area contributed by atoms with Gasteiger partial charge in [0.1, 0.15) is 10.7 Å². The number of pyridine rings is 1. The van der Waals surface area contributed by atoms with Gasteiger partial charge in [0.05, 0.1) is 12.1 Å². The summed E-state index contributed by atoms with van der Waals surface area (Å²) in [6, 6.07) is 1.90. The lowest BCUT2D eigenvalue weighted by Crippen LogP contribution is -2.47. The lowest BCUT2D eigenvalue weighted by Gasteiger charge is -2.21. The predicted molar refractivity (Wildman–Crippen MR) is 97.5 cm³/mol. The first-order valence-corrected chi connectivity index (χ1v) is 9.09. The molecule has 10 nitrogen and oxygen atoms in total. The van der Waals surface area contributed by atoms with Crippen LogP contribution in [0.4, 0.5) is 4.79 Å². The summed E-state index contributed by atoms with van der Waals surface area (Å²) in [6.07, 6.45) is 2.20. The highest BCUT2D eigenvalue weighted by Gasteiger charge is 2.40. The maximum Gasteiger partial charge on any atom is 0.408 e. The number of hydrogen-bond donors (Lipinski definition) is 3. The maximum absolute atomic E-state index is 12.5. The molecule has 1 aromatic heterocycles. The molecular formula is C16H18BrN5O5. The van der Waals surface area contributed by atoms with Gasteiger partial charge >= 0.3 is 6.09 Å². The van der Waals surface area contributed by atoms with E-state index in [1.165, 1.54) is 6.20 Å². The molecular weight excluding hydrogens is 422 g/mol. The van der Waals surface area contributed by atoms with Gasteiger partial charge < -0.3 is 20.6 Å². The van der Waals surface area contributed by atoms with Crippen LogP contribution in [0.25, 0.3) is 0 Å². The van der Waals surface area contributed by atoms with E-state index in [0.29, 0.717) is 16.6 Å². The second-order valence-corrected chi connectivity index (χ2v) is 7.16. The van der Waals surface area contributed by atoms with Gasteiger partial charge in [-0.3, -0.25) is 19.5 Å². The Balaban J connectivity index is 1.56. The first kappa shape index (κ1) is 19.1. The minimum atomic E-state index is -1.21. The molecule has 11 heteroatoms. The largest absolute Gasteiger partial charge is 0.465 e. The summed E-state index contributed by atoms with van der Waals surface area (Å²) in [5.41, 5.74) is 0.372. The Labute approximate surface area is 163 Å². The van der Waals surface area contributed by atoms with Crippen molar-refractivity contribution < 1.29 is 24.3 Å². The highest BCUT2D eigenvalue weighted by molar-refractivity contribution is 9.18. The molecule has 1 aromatic rings. The number of halogens is 1. The first-order valence-electron chi connectivity index (χ1n) is 8.30. The van der Waals surface area contributed by atoms with E-state index in [4.69, 9.17) is 4.84 Å². The molecule has 144 valence electrons. The number of oxime groups is 1. The molecule has 0 saturated carbocycles. The topological polar surface area (TPSA) is 133 Å². The third kappa shape index (κ3) is 4.73. The normalized spacial score (nSPS) is 24.1. The van der Waals surface area contributed by atoms with E-state index >= 15 is 0 Å². The summed E-state index contributed by atoms with van der Waals surface area (Å²) in [5, 5.41) is 18.6. The Kier molecular flexibility index (Phi) is 5.89. The third-order valence-electron chi connectivity index (χ3n) is 4.31. The minimum Gasteiger partial charge on any atom is -0.465 e. The summed E-state index contributed by atoms with van der Waals surface area (Å²) in [6.45, 7) is 0.252. The first-order chi connectivity index (χ1) is 12.9. The zero-order valence-corrected chi connectivity index (χ0v) is 15.8. The van der Waals surface area contributed by atoms with Crippen molar-refractivity contribution in [3.05, 3.63) is 30.1 Å². The number of amides is 3. The van der Waals surface area contributed by atoms with Gasteiger partial charge in [0.2, 0.25) is 5.91 Å². The number of likely N-dealkylation sites (tertiary alicyclic amines) is 1. The van der Waals surface area contributed by atoms with E-state index in [2.05, 4.69) is 36.7 Å². The lowest BCUT2D eigenvalue weighted by atomic mass is 10.1. The van der Waals surface area contributed by atoms with Crippen LogP contribution in [0.2, 0.25) is 0 Å². The van der Waals surface area contributed by atoms with E-state index < -0.39 is 24.1 Å². The molecule has 2 aliphatic heterocycles. The van der Waals surface area contributed by atoms with Crippen molar-refractivity contribution in [1.29, 1.82) is 0 Å². The molecule has 2 aliphatic rings. The quantitative estimate of drug-likeness (QED) is 0.613. The molecule has 0 bridgehead atoms. The van der Waals surface area contributed by atoms with Crippen LogP contribution in [0.1, 0.15) is 23.2 Å². The van der Waals surface area contributed by atoms with Gasteiger partial charge in [-0.15, -0.1) is 0 Å². The van der Waals surface area contributed by atoms with Crippen molar-refractivity contribution >= 4 is 38.5 Å². The van der Waals surface area contributed by atoms with Gasteiger partial charge in [-0.1, -0.05) is 5.16 Å². The monoisotopic (exact) mass is 439 g/mol. The number of hydrogen-bond acceptors (Lipinski definition) is 6. The standard InChI is InChI=1S/C16H18BrN5O5/c17-13-5-11(27-21-13)7-19-15(24)12-4-10(8-22(12)16(25)26)20-14(23)9-2-1-3-18-6-9/h1-3,6,10-12H,4-5,7-8H2,(H,19,24)(H,20,23)(H,25,26)/t10?,11-,12?/m0/s1. The van der Waals surface area contributed by atoms with Gasteiger partial charge in [0.25, 0.3) is 5.91 Å². The fourth-order valence-electron chi connectivity index (χ4n) is 3.00.